The summed E-state index contributed by atoms with van der Waals surface area (Å²) < 4.78 is 11.6. The van der Waals surface area contributed by atoms with Gasteiger partial charge in [0, 0.05) is 39.7 Å². The molecule has 2 saturated carbocycles. The monoisotopic (exact) mass is 651 g/mol. The molecular weight excluding hydrogens is 622 g/mol. The fraction of sp³-hybridized carbons (Fsp3) is 0.438. The molecule has 6 unspecified atom stereocenters. The number of halogens is 1. The second-order valence-electron chi connectivity index (χ2n) is 12.3. The SMILES string of the molecule is Cc1ccc(N2C(=O)C3C4CC(C3C2=O)C2C4Sc3[nH]c(=O)sc3[C@@H]2c2cc(Cl)ccc2OCC(=O)N2CCOCC2)cc1. The number of nitrogens with zero attached hydrogens (tertiary/aromatic N) is 2. The van der Waals surface area contributed by atoms with Crippen LogP contribution in [0, 0.1) is 36.5 Å². The number of carbonyl (C=O) groups is 3. The first kappa shape index (κ1) is 28.4. The van der Waals surface area contributed by atoms with Crippen LogP contribution < -0.4 is 14.5 Å². The highest BCUT2D eigenvalue weighted by Gasteiger charge is 2.69. The molecule has 12 heteroatoms. The summed E-state index contributed by atoms with van der Waals surface area (Å²) in [4.78, 5) is 60.5. The molecule has 4 fully saturated rings. The fourth-order valence-corrected chi connectivity index (χ4v) is 11.3. The molecule has 3 amide bonds. The van der Waals surface area contributed by atoms with Crippen LogP contribution in [0.2, 0.25) is 5.02 Å². The van der Waals surface area contributed by atoms with E-state index in [-0.39, 0.29) is 64.0 Å². The Balaban J connectivity index is 1.16. The molecule has 2 saturated heterocycles. The van der Waals surface area contributed by atoms with Gasteiger partial charge in [0.15, 0.2) is 6.61 Å². The second kappa shape index (κ2) is 10.8. The van der Waals surface area contributed by atoms with Crippen LogP contribution in [0.1, 0.15) is 28.3 Å². The molecule has 2 aliphatic carbocycles. The first-order valence-corrected chi connectivity index (χ1v) is 17.0. The molecule has 8 rings (SSSR count). The van der Waals surface area contributed by atoms with Crippen molar-refractivity contribution in [3.63, 3.8) is 0 Å². The van der Waals surface area contributed by atoms with E-state index in [1.54, 1.807) is 28.8 Å². The fourth-order valence-electron chi connectivity index (χ4n) is 8.25. The van der Waals surface area contributed by atoms with Crippen LogP contribution in [0.3, 0.4) is 0 Å². The van der Waals surface area contributed by atoms with E-state index >= 15 is 0 Å². The minimum absolute atomic E-state index is 0.00241. The number of aromatic nitrogens is 1. The number of benzene rings is 2. The Labute approximate surface area is 266 Å². The molecule has 3 aliphatic heterocycles. The molecule has 1 N–H and O–H groups in total. The molecule has 228 valence electrons. The average molecular weight is 652 g/mol. The third kappa shape index (κ3) is 4.38. The van der Waals surface area contributed by atoms with Crippen LogP contribution in [0.25, 0.3) is 0 Å². The van der Waals surface area contributed by atoms with Crippen LogP contribution >= 0.6 is 34.7 Å². The zero-order chi connectivity index (χ0) is 30.3. The largest absolute Gasteiger partial charge is 0.483 e. The molecular formula is C32H30ClN3O6S2. The molecule has 2 bridgehead atoms. The summed E-state index contributed by atoms with van der Waals surface area (Å²) in [5, 5.41) is 1.35. The smallest absolute Gasteiger partial charge is 0.305 e. The summed E-state index contributed by atoms with van der Waals surface area (Å²) in [5.41, 5.74) is 2.48. The normalized spacial score (nSPS) is 30.4. The summed E-state index contributed by atoms with van der Waals surface area (Å²) in [7, 11) is 0. The third-order valence-corrected chi connectivity index (χ3v) is 12.9. The zero-order valence-corrected chi connectivity index (χ0v) is 26.3. The lowest BCUT2D eigenvalue weighted by Crippen LogP contribution is -2.43. The van der Waals surface area contributed by atoms with E-state index in [0.717, 1.165) is 27.5 Å². The number of anilines is 1. The number of H-pyrrole nitrogens is 1. The van der Waals surface area contributed by atoms with Gasteiger partial charge in [-0.3, -0.25) is 24.1 Å². The summed E-state index contributed by atoms with van der Waals surface area (Å²) in [6, 6.07) is 12.9. The van der Waals surface area contributed by atoms with Gasteiger partial charge in [0.1, 0.15) is 5.75 Å². The van der Waals surface area contributed by atoms with E-state index in [0.29, 0.717) is 42.8 Å². The van der Waals surface area contributed by atoms with Gasteiger partial charge in [0.2, 0.25) is 11.8 Å². The van der Waals surface area contributed by atoms with Gasteiger partial charge < -0.3 is 19.4 Å². The van der Waals surface area contributed by atoms with Crippen LogP contribution in [-0.4, -0.2) is 65.8 Å². The Bertz CT molecular complexity index is 1730. The molecule has 1 aromatic heterocycles. The molecule has 2 aromatic carbocycles. The molecule has 9 nitrogen and oxygen atoms in total. The van der Waals surface area contributed by atoms with Gasteiger partial charge in [-0.15, -0.1) is 11.8 Å². The molecule has 0 radical (unpaired) electrons. The Morgan fingerprint density at radius 1 is 1.05 bits per heavy atom. The van der Waals surface area contributed by atoms with E-state index in [9.17, 15) is 19.2 Å². The van der Waals surface area contributed by atoms with Crippen molar-refractivity contribution in [2.75, 3.05) is 37.8 Å². The number of thiazole rings is 1. The van der Waals surface area contributed by atoms with Gasteiger partial charge in [-0.25, -0.2) is 0 Å². The number of hydrogen-bond acceptors (Lipinski definition) is 8. The van der Waals surface area contributed by atoms with Gasteiger partial charge in [0.25, 0.3) is 5.91 Å². The maximum atomic E-state index is 14.0. The molecule has 5 aliphatic rings. The van der Waals surface area contributed by atoms with Crippen LogP contribution in [0.15, 0.2) is 52.3 Å². The number of thioether (sulfide) groups is 1. The zero-order valence-electron chi connectivity index (χ0n) is 23.9. The lowest BCUT2D eigenvalue weighted by atomic mass is 9.68. The maximum absolute atomic E-state index is 14.0. The minimum atomic E-state index is -0.415. The van der Waals surface area contributed by atoms with Crippen LogP contribution in [0.5, 0.6) is 5.75 Å². The Hall–Kier alpha value is -3.12. The van der Waals surface area contributed by atoms with Crippen LogP contribution in [0.4, 0.5) is 5.69 Å². The number of carbonyl (C=O) groups excluding carboxylic acids is 3. The Morgan fingerprint density at radius 3 is 2.52 bits per heavy atom. The molecule has 4 heterocycles. The van der Waals surface area contributed by atoms with Crippen molar-refractivity contribution in [3.8, 4) is 5.75 Å². The number of hydrogen-bond donors (Lipinski definition) is 1. The third-order valence-electron chi connectivity index (χ3n) is 10.0. The molecule has 3 aromatic rings. The second-order valence-corrected chi connectivity index (χ2v) is 14.9. The number of amides is 3. The summed E-state index contributed by atoms with van der Waals surface area (Å²) in [5.74, 6) is -0.979. The van der Waals surface area contributed by atoms with E-state index in [4.69, 9.17) is 21.1 Å². The number of nitrogens with one attached hydrogen (secondary N) is 1. The van der Waals surface area contributed by atoms with Crippen molar-refractivity contribution >= 4 is 58.1 Å². The minimum Gasteiger partial charge on any atom is -0.483 e. The van der Waals surface area contributed by atoms with Crippen LogP contribution in [-0.2, 0) is 19.1 Å². The molecule has 0 spiro atoms. The highest BCUT2D eigenvalue weighted by molar-refractivity contribution is 8.00. The van der Waals surface area contributed by atoms with Gasteiger partial charge >= 0.3 is 4.87 Å². The van der Waals surface area contributed by atoms with Crippen molar-refractivity contribution in [2.24, 2.45) is 29.6 Å². The molecule has 7 atom stereocenters. The number of ether oxygens (including phenoxy) is 2. The van der Waals surface area contributed by atoms with E-state index < -0.39 is 5.92 Å². The number of morpholine rings is 1. The number of aryl methyl sites for hydroxylation is 1. The van der Waals surface area contributed by atoms with E-state index in [1.807, 2.05) is 37.3 Å². The van der Waals surface area contributed by atoms with Gasteiger partial charge in [-0.05, 0) is 61.4 Å². The van der Waals surface area contributed by atoms with Crippen molar-refractivity contribution in [1.82, 2.24) is 9.88 Å². The highest BCUT2D eigenvalue weighted by Crippen LogP contribution is 2.69. The lowest BCUT2D eigenvalue weighted by molar-refractivity contribution is -0.137. The van der Waals surface area contributed by atoms with Crippen molar-refractivity contribution in [2.45, 2.75) is 29.5 Å². The number of imide groups is 1. The van der Waals surface area contributed by atoms with Crippen molar-refractivity contribution in [1.29, 1.82) is 0 Å². The molecule has 44 heavy (non-hydrogen) atoms. The summed E-state index contributed by atoms with van der Waals surface area (Å²) >= 11 is 9.39. The number of rotatable bonds is 5. The summed E-state index contributed by atoms with van der Waals surface area (Å²) in [6.45, 7) is 3.90. The van der Waals surface area contributed by atoms with E-state index in [2.05, 4.69) is 4.98 Å². The number of aromatic amines is 1. The van der Waals surface area contributed by atoms with Gasteiger partial charge in [0.05, 0.1) is 35.8 Å². The summed E-state index contributed by atoms with van der Waals surface area (Å²) in [6.07, 6.45) is 0.777. The predicted octanol–water partition coefficient (Wildman–Crippen LogP) is 4.31. The van der Waals surface area contributed by atoms with E-state index in [1.165, 1.54) is 16.2 Å². The highest BCUT2D eigenvalue weighted by atomic mass is 35.5. The Morgan fingerprint density at radius 2 is 1.77 bits per heavy atom. The first-order valence-electron chi connectivity index (χ1n) is 14.9. The standard InChI is InChI=1S/C32H30ClN3O6S2/c1-15-2-5-17(6-3-15)36-30(38)25-19-13-20(26(25)31(36)39)27-24(19)23(28-29(43-27)34-32(40)44-28)18-12-16(33)4-7-21(18)42-14-22(37)35-8-10-41-11-9-35/h2-7,12,19-20,23-27H,8-11,13-14H2,1H3,(H,34,40)/t19?,20?,23-,24?,25?,26?,27?/m1/s1. The lowest BCUT2D eigenvalue weighted by Gasteiger charge is -2.43. The first-order chi connectivity index (χ1) is 21.3. The maximum Gasteiger partial charge on any atom is 0.305 e. The average Bonchev–Trinajstić information content (AvgIpc) is 3.76. The predicted molar refractivity (Wildman–Crippen MR) is 167 cm³/mol. The number of fused-ring (bicyclic) bond motifs is 9. The Kier molecular flexibility index (Phi) is 6.93. The van der Waals surface area contributed by atoms with Crippen molar-refractivity contribution in [3.05, 3.63) is 73.2 Å². The van der Waals surface area contributed by atoms with Gasteiger partial charge in [-0.1, -0.05) is 40.6 Å². The quantitative estimate of drug-likeness (QED) is 0.410. The topological polar surface area (TPSA) is 109 Å². The van der Waals surface area contributed by atoms with Gasteiger partial charge in [-0.2, -0.15) is 0 Å². The van der Waals surface area contributed by atoms with Crippen molar-refractivity contribution < 1.29 is 23.9 Å².